The molecule has 0 spiro atoms. The Labute approximate surface area is 376 Å². The van der Waals surface area contributed by atoms with Gasteiger partial charge in [0, 0.05) is 42.2 Å². The number of unbranched alkanes of at least 4 members (excludes halogenated alkanes) is 2. The number of β-amino-alcohol motifs (C(OH)–C–C–N with tert-alkyl or cyclic N) is 1. The van der Waals surface area contributed by atoms with Crippen molar-refractivity contribution in [2.45, 2.75) is 91.0 Å². The van der Waals surface area contributed by atoms with Gasteiger partial charge in [0.15, 0.2) is 0 Å². The second-order valence-corrected chi connectivity index (χ2v) is 17.8. The van der Waals surface area contributed by atoms with Gasteiger partial charge in [-0.15, -0.1) is 11.3 Å². The van der Waals surface area contributed by atoms with Gasteiger partial charge in [0.1, 0.15) is 58.6 Å². The van der Waals surface area contributed by atoms with Crippen LogP contribution in [0.4, 0.5) is 0 Å². The van der Waals surface area contributed by atoms with Gasteiger partial charge in [0.2, 0.25) is 17.7 Å². The standard InChI is InChI=1S/C49H52N6O8S/c1-29(31-10-12-33(13-11-31)45-30(2)52-28-64-45)53-47(60)41-22-37(58)27-55(41)48(61)46(49(3,4)5)54-44(59)9-7-6-8-20-62-43-23-36(57)16-14-32(43)15-18-38-24-39(34(25-50)26-51)40-21-35(56)17-19-42(40)63-38/h10-19,21,23-24,28-29,37,41,46,56-58H,6-9,20,22,27H2,1-5H3,(H,53,60)(H,54,59)/b18-15+/t29-,37+,41-,46+/m0/s1. The molecule has 332 valence electrons. The second-order valence-electron chi connectivity index (χ2n) is 16.9. The Balaban J connectivity index is 1.00. The fraction of sp³-hybridized carbons (Fsp3) is 0.347. The minimum Gasteiger partial charge on any atom is -0.508 e. The lowest BCUT2D eigenvalue weighted by atomic mass is 9.85. The molecule has 5 N–H and O–H groups in total. The zero-order chi connectivity index (χ0) is 46.1. The molecule has 6 rings (SSSR count). The monoisotopic (exact) mass is 884 g/mol. The molecule has 15 heteroatoms. The van der Waals surface area contributed by atoms with Crippen LogP contribution in [-0.4, -0.2) is 74.3 Å². The highest BCUT2D eigenvalue weighted by molar-refractivity contribution is 7.13. The third kappa shape index (κ3) is 11.4. The summed E-state index contributed by atoms with van der Waals surface area (Å²) in [4.78, 5) is 47.9. The van der Waals surface area contributed by atoms with Crippen molar-refractivity contribution >= 4 is 40.7 Å². The molecule has 0 unspecified atom stereocenters. The molecule has 0 bridgehead atoms. The van der Waals surface area contributed by atoms with Crippen molar-refractivity contribution in [3.05, 3.63) is 112 Å². The average molecular weight is 885 g/mol. The van der Waals surface area contributed by atoms with Crippen LogP contribution in [0.5, 0.6) is 23.0 Å². The number of amides is 3. The maximum absolute atomic E-state index is 14.1. The molecule has 1 saturated heterocycles. The van der Waals surface area contributed by atoms with Gasteiger partial charge in [-0.05, 0) is 98.2 Å². The molecule has 0 radical (unpaired) electrons. The Morgan fingerprint density at radius 2 is 1.72 bits per heavy atom. The Morgan fingerprint density at radius 1 is 1.00 bits per heavy atom. The van der Waals surface area contributed by atoms with E-state index in [-0.39, 0.29) is 60.9 Å². The fourth-order valence-electron chi connectivity index (χ4n) is 7.58. The third-order valence-corrected chi connectivity index (χ3v) is 12.0. The van der Waals surface area contributed by atoms with Crippen molar-refractivity contribution in [2.24, 2.45) is 5.41 Å². The summed E-state index contributed by atoms with van der Waals surface area (Å²) >= 11 is 1.57. The van der Waals surface area contributed by atoms with Crippen LogP contribution in [0.1, 0.15) is 88.2 Å². The van der Waals surface area contributed by atoms with E-state index in [2.05, 4.69) is 15.6 Å². The molecular weight excluding hydrogens is 833 g/mol. The van der Waals surface area contributed by atoms with Gasteiger partial charge in [-0.1, -0.05) is 45.0 Å². The van der Waals surface area contributed by atoms with E-state index in [0.717, 1.165) is 21.7 Å². The van der Waals surface area contributed by atoms with Gasteiger partial charge >= 0.3 is 0 Å². The maximum Gasteiger partial charge on any atom is 0.246 e. The lowest BCUT2D eigenvalue weighted by molar-refractivity contribution is -0.144. The number of aryl methyl sites for hydroxylation is 1. The number of hydrogen-bond donors (Lipinski definition) is 5. The number of hydrogen-bond acceptors (Lipinski definition) is 12. The van der Waals surface area contributed by atoms with E-state index in [0.29, 0.717) is 53.2 Å². The van der Waals surface area contributed by atoms with Crippen molar-refractivity contribution in [3.63, 3.8) is 0 Å². The zero-order valence-corrected chi connectivity index (χ0v) is 37.2. The van der Waals surface area contributed by atoms with Crippen molar-refractivity contribution in [2.75, 3.05) is 13.2 Å². The molecule has 3 aromatic carbocycles. The second kappa shape index (κ2) is 20.5. The van der Waals surface area contributed by atoms with E-state index in [1.54, 1.807) is 35.6 Å². The number of aliphatic hydroxyl groups is 1. The predicted molar refractivity (Wildman–Crippen MR) is 242 cm³/mol. The number of nitriles is 2. The summed E-state index contributed by atoms with van der Waals surface area (Å²) in [5.41, 5.74) is 5.20. The molecule has 4 atom stereocenters. The van der Waals surface area contributed by atoms with E-state index < -0.39 is 29.5 Å². The molecule has 3 amide bonds. The van der Waals surface area contributed by atoms with Crippen LogP contribution in [0, 0.1) is 35.0 Å². The van der Waals surface area contributed by atoms with E-state index in [4.69, 9.17) is 9.47 Å². The number of benzene rings is 3. The van der Waals surface area contributed by atoms with Crippen molar-refractivity contribution in [1.82, 2.24) is 20.5 Å². The molecular formula is C49H52N6O8S. The van der Waals surface area contributed by atoms with Gasteiger partial charge in [-0.2, -0.15) is 10.5 Å². The number of nitrogens with one attached hydrogen (secondary N) is 2. The number of phenols is 2. The van der Waals surface area contributed by atoms with Gasteiger partial charge in [0.25, 0.3) is 0 Å². The highest BCUT2D eigenvalue weighted by Gasteiger charge is 2.44. The number of ether oxygens (including phenoxy) is 2. The number of thiazole rings is 1. The Hall–Kier alpha value is -6.94. The normalized spacial score (nSPS) is 16.7. The van der Waals surface area contributed by atoms with Crippen LogP contribution in [0.2, 0.25) is 0 Å². The number of carbonyl (C=O) groups excluding carboxylic acids is 3. The van der Waals surface area contributed by atoms with Crippen LogP contribution in [0.3, 0.4) is 0 Å². The summed E-state index contributed by atoms with van der Waals surface area (Å²) in [6.45, 7) is 9.62. The molecule has 0 aliphatic carbocycles. The molecule has 4 aromatic rings. The average Bonchev–Trinajstić information content (AvgIpc) is 3.88. The SMILES string of the molecule is Cc1ncsc1-c1ccc([C@H](C)NC(=O)[C@@H]2C[C@@H](O)CN2C(=O)[C@@H](NC(=O)CCCCCOc2cc(O)ccc2/C=C/C2=CC(=C(C#N)C#N)c3cc(O)ccc3O2)C(C)(C)C)cc1. The van der Waals surface area contributed by atoms with Crippen LogP contribution >= 0.6 is 11.3 Å². The lowest BCUT2D eigenvalue weighted by Crippen LogP contribution is -2.57. The summed E-state index contributed by atoms with van der Waals surface area (Å²) in [5.74, 6) is -0.0625. The van der Waals surface area contributed by atoms with Gasteiger partial charge in [-0.25, -0.2) is 4.98 Å². The number of aliphatic hydroxyl groups excluding tert-OH is 1. The number of aromatic nitrogens is 1. The number of carbonyl (C=O) groups is 3. The first-order valence-electron chi connectivity index (χ1n) is 21.1. The molecule has 64 heavy (non-hydrogen) atoms. The first-order valence-corrected chi connectivity index (χ1v) is 21.9. The van der Waals surface area contributed by atoms with E-state index >= 15 is 0 Å². The van der Waals surface area contributed by atoms with Crippen LogP contribution in [-0.2, 0) is 14.4 Å². The topological polar surface area (TPSA) is 218 Å². The highest BCUT2D eigenvalue weighted by Crippen LogP contribution is 2.38. The smallest absolute Gasteiger partial charge is 0.246 e. The van der Waals surface area contributed by atoms with Crippen molar-refractivity contribution in [3.8, 4) is 45.6 Å². The van der Waals surface area contributed by atoms with Crippen molar-refractivity contribution < 1.29 is 39.2 Å². The molecule has 3 heterocycles. The van der Waals surface area contributed by atoms with Crippen molar-refractivity contribution in [1.29, 1.82) is 10.5 Å². The zero-order valence-electron chi connectivity index (χ0n) is 36.4. The number of nitrogens with zero attached hydrogens (tertiary/aromatic N) is 4. The number of allylic oxidation sites excluding steroid dienone is 4. The lowest BCUT2D eigenvalue weighted by Gasteiger charge is -2.35. The van der Waals surface area contributed by atoms with E-state index in [1.165, 1.54) is 35.2 Å². The first-order chi connectivity index (χ1) is 30.6. The highest BCUT2D eigenvalue weighted by atomic mass is 32.1. The summed E-state index contributed by atoms with van der Waals surface area (Å²) in [6.07, 6.45) is 5.96. The molecule has 2 aliphatic heterocycles. The molecule has 1 fully saturated rings. The molecule has 1 aromatic heterocycles. The Morgan fingerprint density at radius 3 is 2.41 bits per heavy atom. The van der Waals surface area contributed by atoms with E-state index in [9.17, 15) is 40.2 Å². The first kappa shape index (κ1) is 46.6. The number of phenolic OH excluding ortho intramolecular Hbond substituents is 2. The maximum atomic E-state index is 14.1. The number of fused-ring (bicyclic) bond motifs is 1. The summed E-state index contributed by atoms with van der Waals surface area (Å²) < 4.78 is 12.0. The van der Waals surface area contributed by atoms with E-state index in [1.807, 2.05) is 76.5 Å². The fourth-order valence-corrected chi connectivity index (χ4v) is 8.39. The number of rotatable bonds is 15. The summed E-state index contributed by atoms with van der Waals surface area (Å²) in [6, 6.07) is 18.5. The quantitative estimate of drug-likeness (QED) is 0.0577. The minimum absolute atomic E-state index is 0.000599. The molecule has 14 nitrogen and oxygen atoms in total. The Kier molecular flexibility index (Phi) is 14.9. The molecule has 0 saturated carbocycles. The van der Waals surface area contributed by atoms with Crippen LogP contribution in [0.25, 0.3) is 22.1 Å². The molecule has 2 aliphatic rings. The predicted octanol–water partition coefficient (Wildman–Crippen LogP) is 7.63. The largest absolute Gasteiger partial charge is 0.508 e. The summed E-state index contributed by atoms with van der Waals surface area (Å²) in [7, 11) is 0. The third-order valence-electron chi connectivity index (χ3n) is 11.1. The number of likely N-dealkylation sites (tertiary alicyclic amines) is 1. The number of aromatic hydroxyl groups is 2. The van der Waals surface area contributed by atoms with Gasteiger partial charge in [0.05, 0.1) is 34.8 Å². The van der Waals surface area contributed by atoms with Crippen LogP contribution in [0.15, 0.2) is 89.7 Å². The van der Waals surface area contributed by atoms with Gasteiger partial charge in [-0.3, -0.25) is 14.4 Å². The Bertz CT molecular complexity index is 2540. The minimum atomic E-state index is -0.943. The van der Waals surface area contributed by atoms with Gasteiger partial charge < -0.3 is 40.3 Å². The van der Waals surface area contributed by atoms with Crippen LogP contribution < -0.4 is 20.1 Å². The summed E-state index contributed by atoms with van der Waals surface area (Å²) in [5, 5.41) is 55.9.